The summed E-state index contributed by atoms with van der Waals surface area (Å²) in [6.07, 6.45) is 0. The lowest BCUT2D eigenvalue weighted by atomic mass is 10.1. The van der Waals surface area contributed by atoms with Crippen molar-refractivity contribution in [2.75, 3.05) is 0 Å². The zero-order chi connectivity index (χ0) is 16.6. The summed E-state index contributed by atoms with van der Waals surface area (Å²) >= 11 is 0. The van der Waals surface area contributed by atoms with Crippen LogP contribution < -0.4 is 0 Å². The highest BCUT2D eigenvalue weighted by molar-refractivity contribution is 6.39. The predicted octanol–water partition coefficient (Wildman–Crippen LogP) is 2.38. The molecule has 0 saturated carbocycles. The number of carbonyl (C=O) groups is 3. The van der Waals surface area contributed by atoms with E-state index in [1.807, 2.05) is 39.8 Å². The van der Waals surface area contributed by atoms with Crippen molar-refractivity contribution in [1.29, 1.82) is 0 Å². The molecule has 1 unspecified atom stereocenters. The third kappa shape index (κ3) is 2.51. The van der Waals surface area contributed by atoms with Crippen molar-refractivity contribution >= 4 is 17.7 Å². The number of hydrogen-bond acceptors (Lipinski definition) is 3. The molecule has 1 aliphatic rings. The van der Waals surface area contributed by atoms with Gasteiger partial charge in [-0.15, -0.1) is 0 Å². The summed E-state index contributed by atoms with van der Waals surface area (Å²) in [5.74, 6) is -1.77. The van der Waals surface area contributed by atoms with Crippen molar-refractivity contribution in [1.82, 2.24) is 9.80 Å². The molecule has 0 fully saturated rings. The molecular weight excluding hydrogens is 280 g/mol. The van der Waals surface area contributed by atoms with E-state index in [4.69, 9.17) is 0 Å². The highest BCUT2D eigenvalue weighted by atomic mass is 16.2. The van der Waals surface area contributed by atoms with E-state index >= 15 is 0 Å². The number of benzene rings is 1. The molecule has 0 aliphatic carbocycles. The Morgan fingerprint density at radius 3 is 2.14 bits per heavy atom. The van der Waals surface area contributed by atoms with Crippen LogP contribution in [0.25, 0.3) is 0 Å². The number of rotatable bonds is 2. The van der Waals surface area contributed by atoms with Gasteiger partial charge in [-0.3, -0.25) is 19.3 Å². The first-order chi connectivity index (χ1) is 10.3. The van der Waals surface area contributed by atoms with Gasteiger partial charge in [-0.2, -0.15) is 0 Å². The van der Waals surface area contributed by atoms with Crippen molar-refractivity contribution in [2.45, 2.75) is 52.7 Å². The molecule has 0 spiro atoms. The summed E-state index contributed by atoms with van der Waals surface area (Å²) < 4.78 is 0. The minimum absolute atomic E-state index is 0.105. The normalized spacial score (nSPS) is 17.1. The third-order valence-corrected chi connectivity index (χ3v) is 4.00. The van der Waals surface area contributed by atoms with Crippen LogP contribution in [0, 0.1) is 0 Å². The van der Waals surface area contributed by atoms with E-state index in [0.717, 1.165) is 10.5 Å². The number of carbonyl (C=O) groups excluding carboxylic acids is 3. The van der Waals surface area contributed by atoms with Crippen molar-refractivity contribution in [3.05, 3.63) is 35.4 Å². The van der Waals surface area contributed by atoms with Crippen LogP contribution in [0.15, 0.2) is 24.3 Å². The maximum atomic E-state index is 12.6. The van der Waals surface area contributed by atoms with Gasteiger partial charge in [-0.1, -0.05) is 18.2 Å². The molecule has 2 rings (SSSR count). The quantitative estimate of drug-likeness (QED) is 0.788. The number of imide groups is 1. The number of amides is 3. The molecule has 5 nitrogen and oxygen atoms in total. The summed E-state index contributed by atoms with van der Waals surface area (Å²) in [6, 6.07) is 6.47. The molecule has 1 aromatic rings. The first kappa shape index (κ1) is 16.2. The van der Waals surface area contributed by atoms with Crippen LogP contribution in [-0.2, 0) is 9.59 Å². The molecular formula is C17H22N2O3. The SMILES string of the molecule is CC1c2ccccc2C(=O)N1C(=O)C(=O)N(C(C)C)C(C)C. The van der Waals surface area contributed by atoms with Gasteiger partial charge in [0.15, 0.2) is 0 Å². The van der Waals surface area contributed by atoms with E-state index in [0.29, 0.717) is 5.56 Å². The molecule has 0 saturated heterocycles. The lowest BCUT2D eigenvalue weighted by Crippen LogP contribution is -2.51. The fourth-order valence-electron chi connectivity index (χ4n) is 3.05. The fourth-order valence-corrected chi connectivity index (χ4v) is 3.05. The van der Waals surface area contributed by atoms with Gasteiger partial charge in [0.25, 0.3) is 5.91 Å². The second kappa shape index (κ2) is 5.91. The van der Waals surface area contributed by atoms with E-state index in [1.54, 1.807) is 19.1 Å². The first-order valence-electron chi connectivity index (χ1n) is 7.56. The topological polar surface area (TPSA) is 57.7 Å². The molecule has 1 aliphatic heterocycles. The van der Waals surface area contributed by atoms with Crippen LogP contribution in [0.3, 0.4) is 0 Å². The van der Waals surface area contributed by atoms with Crippen molar-refractivity contribution in [3.63, 3.8) is 0 Å². The summed E-state index contributed by atoms with van der Waals surface area (Å²) in [4.78, 5) is 40.2. The lowest BCUT2D eigenvalue weighted by Gasteiger charge is -2.32. The Kier molecular flexibility index (Phi) is 4.35. The highest BCUT2D eigenvalue weighted by Crippen LogP contribution is 2.33. The lowest BCUT2D eigenvalue weighted by molar-refractivity contribution is -0.153. The zero-order valence-corrected chi connectivity index (χ0v) is 13.7. The summed E-state index contributed by atoms with van der Waals surface area (Å²) in [5, 5.41) is 0. The maximum Gasteiger partial charge on any atom is 0.319 e. The van der Waals surface area contributed by atoms with Crippen LogP contribution >= 0.6 is 0 Å². The molecule has 1 atom stereocenters. The Morgan fingerprint density at radius 1 is 1.09 bits per heavy atom. The fraction of sp³-hybridized carbons (Fsp3) is 0.471. The molecule has 0 bridgehead atoms. The predicted molar refractivity (Wildman–Crippen MR) is 83.2 cm³/mol. The molecule has 5 heteroatoms. The molecule has 118 valence electrons. The van der Waals surface area contributed by atoms with Gasteiger partial charge in [0.2, 0.25) is 0 Å². The Balaban J connectivity index is 2.32. The average molecular weight is 302 g/mol. The molecule has 1 heterocycles. The van der Waals surface area contributed by atoms with Gasteiger partial charge in [-0.05, 0) is 46.2 Å². The van der Waals surface area contributed by atoms with Crippen LogP contribution in [0.4, 0.5) is 0 Å². The minimum atomic E-state index is -0.754. The Bertz CT molecular complexity index is 614. The maximum absolute atomic E-state index is 12.6. The van der Waals surface area contributed by atoms with Gasteiger partial charge in [0.1, 0.15) is 0 Å². The van der Waals surface area contributed by atoms with Gasteiger partial charge in [0, 0.05) is 17.6 Å². The van der Waals surface area contributed by atoms with E-state index in [2.05, 4.69) is 0 Å². The van der Waals surface area contributed by atoms with Crippen molar-refractivity contribution in [3.8, 4) is 0 Å². The molecule has 22 heavy (non-hydrogen) atoms. The van der Waals surface area contributed by atoms with Crippen LogP contribution in [0.5, 0.6) is 0 Å². The molecule has 1 aromatic carbocycles. The van der Waals surface area contributed by atoms with E-state index in [9.17, 15) is 14.4 Å². The smallest absolute Gasteiger partial charge is 0.319 e. The molecule has 0 N–H and O–H groups in total. The average Bonchev–Trinajstić information content (AvgIpc) is 2.70. The molecule has 3 amide bonds. The Labute approximate surface area is 130 Å². The summed E-state index contributed by atoms with van der Waals surface area (Å²) in [5.41, 5.74) is 1.28. The standard InChI is InChI=1S/C17H22N2O3/c1-10(2)18(11(3)4)16(21)17(22)19-12(5)13-8-6-7-9-14(13)15(19)20/h6-12H,1-5H3. The van der Waals surface area contributed by atoms with Crippen molar-refractivity contribution < 1.29 is 14.4 Å². The number of fused-ring (bicyclic) bond motifs is 1. The highest BCUT2D eigenvalue weighted by Gasteiger charge is 2.42. The van der Waals surface area contributed by atoms with Gasteiger partial charge >= 0.3 is 11.8 Å². The van der Waals surface area contributed by atoms with Gasteiger partial charge in [-0.25, -0.2) is 0 Å². The molecule has 0 aromatic heterocycles. The number of nitrogens with zero attached hydrogens (tertiary/aromatic N) is 2. The van der Waals surface area contributed by atoms with E-state index in [-0.39, 0.29) is 12.1 Å². The van der Waals surface area contributed by atoms with Crippen LogP contribution in [-0.4, -0.2) is 39.6 Å². The van der Waals surface area contributed by atoms with Gasteiger partial charge in [0.05, 0.1) is 6.04 Å². The van der Waals surface area contributed by atoms with E-state index < -0.39 is 23.8 Å². The largest absolute Gasteiger partial charge is 0.330 e. The van der Waals surface area contributed by atoms with Crippen LogP contribution in [0.1, 0.15) is 56.6 Å². The van der Waals surface area contributed by atoms with E-state index in [1.165, 1.54) is 4.90 Å². The summed E-state index contributed by atoms with van der Waals surface area (Å²) in [6.45, 7) is 9.19. The third-order valence-electron chi connectivity index (χ3n) is 4.00. The monoisotopic (exact) mass is 302 g/mol. The zero-order valence-electron chi connectivity index (χ0n) is 13.7. The Hall–Kier alpha value is -2.17. The Morgan fingerprint density at radius 2 is 1.64 bits per heavy atom. The summed E-state index contributed by atoms with van der Waals surface area (Å²) in [7, 11) is 0. The number of hydrogen-bond donors (Lipinski definition) is 0. The second-order valence-corrected chi connectivity index (χ2v) is 6.14. The first-order valence-corrected chi connectivity index (χ1v) is 7.56. The van der Waals surface area contributed by atoms with Gasteiger partial charge < -0.3 is 4.90 Å². The minimum Gasteiger partial charge on any atom is -0.330 e. The second-order valence-electron chi connectivity index (χ2n) is 6.14. The van der Waals surface area contributed by atoms with Crippen molar-refractivity contribution in [2.24, 2.45) is 0 Å². The van der Waals surface area contributed by atoms with Crippen LogP contribution in [0.2, 0.25) is 0 Å². The molecule has 0 radical (unpaired) electrons.